The Bertz CT molecular complexity index is 166. The van der Waals surface area contributed by atoms with Gasteiger partial charge in [0, 0.05) is 12.8 Å². The Morgan fingerprint density at radius 1 is 1.15 bits per heavy atom. The molecule has 0 heterocycles. The summed E-state index contributed by atoms with van der Waals surface area (Å²) in [5.41, 5.74) is 0. The smallest absolute Gasteiger partial charge is 0.301 e. The van der Waals surface area contributed by atoms with Gasteiger partial charge in [0.1, 0.15) is 0 Å². The first-order chi connectivity index (χ1) is 6.20. The lowest BCUT2D eigenvalue weighted by molar-refractivity contribution is -0.255. The number of rotatable bonds is 6. The number of carbonyl (C=O) groups excluding carboxylic acids is 2. The molecule has 6 heteroatoms. The highest BCUT2D eigenvalue weighted by molar-refractivity contribution is 5.69. The van der Waals surface area contributed by atoms with E-state index in [0.29, 0.717) is 12.8 Å². The van der Waals surface area contributed by atoms with Gasteiger partial charge in [0.25, 0.3) is 0 Å². The van der Waals surface area contributed by atoms with E-state index in [9.17, 15) is 9.59 Å². The predicted molar refractivity (Wildman–Crippen MR) is 40.3 cm³/mol. The van der Waals surface area contributed by atoms with Crippen LogP contribution in [0.1, 0.15) is 25.7 Å². The predicted octanol–water partition coefficient (Wildman–Crippen LogP) is 0.668. The molecule has 0 radical (unpaired) electrons. The van der Waals surface area contributed by atoms with Crippen LogP contribution in [0.15, 0.2) is 0 Å². The minimum Gasteiger partial charge on any atom is -0.301 e. The van der Waals surface area contributed by atoms with Crippen LogP contribution in [0.25, 0.3) is 0 Å². The van der Waals surface area contributed by atoms with Crippen molar-refractivity contribution in [1.82, 2.24) is 0 Å². The van der Waals surface area contributed by atoms with Gasteiger partial charge in [-0.3, -0.25) is 4.89 Å². The Hall–Kier alpha value is -1.14. The molecule has 0 aromatic rings. The van der Waals surface area contributed by atoms with E-state index in [1.54, 1.807) is 0 Å². The molecule has 6 nitrogen and oxygen atoms in total. The molecule has 76 valence electrons. The summed E-state index contributed by atoms with van der Waals surface area (Å²) in [6, 6.07) is 0. The maximum absolute atomic E-state index is 10.6. The van der Waals surface area contributed by atoms with Crippen LogP contribution in [0, 0.1) is 0 Å². The molecule has 0 aromatic carbocycles. The van der Waals surface area contributed by atoms with Crippen molar-refractivity contribution in [2.24, 2.45) is 0 Å². The minimum atomic E-state index is -0.708. The minimum absolute atomic E-state index is 0.0801. The molecule has 0 saturated carbocycles. The molecule has 0 saturated heterocycles. The second-order valence-corrected chi connectivity index (χ2v) is 2.29. The van der Waals surface area contributed by atoms with Crippen LogP contribution < -0.4 is 0 Å². The van der Waals surface area contributed by atoms with Crippen molar-refractivity contribution in [3.8, 4) is 0 Å². The van der Waals surface area contributed by atoms with E-state index in [2.05, 4.69) is 14.7 Å². The van der Waals surface area contributed by atoms with Gasteiger partial charge in [-0.25, -0.2) is 9.59 Å². The summed E-state index contributed by atoms with van der Waals surface area (Å²) in [7, 11) is 1.24. The molecule has 0 rings (SSSR count). The summed E-state index contributed by atoms with van der Waals surface area (Å²) in [5, 5.41) is 7.87. The Balaban J connectivity index is 3.25. The van der Waals surface area contributed by atoms with E-state index in [4.69, 9.17) is 5.26 Å². The molecular formula is C7H12O6. The van der Waals surface area contributed by atoms with Gasteiger partial charge < -0.3 is 4.89 Å². The number of carbonyl (C=O) groups is 2. The molecule has 0 aliphatic heterocycles. The van der Waals surface area contributed by atoms with Crippen LogP contribution in [-0.4, -0.2) is 24.3 Å². The average Bonchev–Trinajstić information content (AvgIpc) is 2.12. The Morgan fingerprint density at radius 3 is 2.15 bits per heavy atom. The first-order valence-electron chi connectivity index (χ1n) is 3.78. The van der Waals surface area contributed by atoms with Gasteiger partial charge in [-0.15, -0.1) is 0 Å². The van der Waals surface area contributed by atoms with Crippen LogP contribution in [0.3, 0.4) is 0 Å². The largest absolute Gasteiger partial charge is 0.342 e. The molecule has 0 unspecified atom stereocenters. The van der Waals surface area contributed by atoms with Crippen molar-refractivity contribution in [1.29, 1.82) is 0 Å². The standard InChI is InChI=1S/C7H12O6/c1-11-13-7(9)5-3-2-4-6(8)12-10/h10H,2-5H2,1H3. The van der Waals surface area contributed by atoms with Crippen molar-refractivity contribution in [2.75, 3.05) is 7.11 Å². The van der Waals surface area contributed by atoms with E-state index in [-0.39, 0.29) is 12.8 Å². The van der Waals surface area contributed by atoms with Gasteiger partial charge in [0.15, 0.2) is 0 Å². The Kier molecular flexibility index (Phi) is 6.85. The molecule has 0 fully saturated rings. The van der Waals surface area contributed by atoms with Gasteiger partial charge in [0.05, 0.1) is 7.11 Å². The van der Waals surface area contributed by atoms with E-state index in [1.165, 1.54) is 7.11 Å². The summed E-state index contributed by atoms with van der Waals surface area (Å²) in [4.78, 5) is 32.7. The first-order valence-corrected chi connectivity index (χ1v) is 3.78. The third-order valence-corrected chi connectivity index (χ3v) is 1.29. The Morgan fingerprint density at radius 2 is 1.69 bits per heavy atom. The van der Waals surface area contributed by atoms with Gasteiger partial charge in [0.2, 0.25) is 0 Å². The second-order valence-electron chi connectivity index (χ2n) is 2.29. The van der Waals surface area contributed by atoms with E-state index in [1.807, 2.05) is 0 Å². The zero-order valence-electron chi connectivity index (χ0n) is 7.32. The lowest BCUT2D eigenvalue weighted by Crippen LogP contribution is -2.04. The molecule has 1 N–H and O–H groups in total. The third kappa shape index (κ3) is 7.23. The third-order valence-electron chi connectivity index (χ3n) is 1.29. The van der Waals surface area contributed by atoms with Crippen molar-refractivity contribution < 1.29 is 29.5 Å². The van der Waals surface area contributed by atoms with Gasteiger partial charge >= 0.3 is 11.9 Å². The first kappa shape index (κ1) is 11.9. The molecule has 13 heavy (non-hydrogen) atoms. The Labute approximate surface area is 75.2 Å². The molecule has 0 bridgehead atoms. The monoisotopic (exact) mass is 192 g/mol. The van der Waals surface area contributed by atoms with Crippen molar-refractivity contribution in [3.63, 3.8) is 0 Å². The average molecular weight is 192 g/mol. The zero-order chi connectivity index (χ0) is 10.1. The van der Waals surface area contributed by atoms with Crippen molar-refractivity contribution in [3.05, 3.63) is 0 Å². The fraction of sp³-hybridized carbons (Fsp3) is 0.714. The normalized spacial score (nSPS) is 9.38. The quantitative estimate of drug-likeness (QED) is 0.378. The lowest BCUT2D eigenvalue weighted by Gasteiger charge is -1.98. The van der Waals surface area contributed by atoms with Crippen molar-refractivity contribution >= 4 is 11.9 Å². The molecule has 0 aliphatic carbocycles. The zero-order valence-corrected chi connectivity index (χ0v) is 7.32. The molecule has 0 aliphatic rings. The van der Waals surface area contributed by atoms with Gasteiger partial charge in [-0.05, 0) is 12.8 Å². The summed E-state index contributed by atoms with van der Waals surface area (Å²) < 4.78 is 0. The summed E-state index contributed by atoms with van der Waals surface area (Å²) >= 11 is 0. The maximum atomic E-state index is 10.6. The van der Waals surface area contributed by atoms with Gasteiger partial charge in [-0.2, -0.15) is 10.1 Å². The van der Waals surface area contributed by atoms with Gasteiger partial charge in [-0.1, -0.05) is 0 Å². The highest BCUT2D eigenvalue weighted by atomic mass is 17.2. The molecule has 0 aromatic heterocycles. The van der Waals surface area contributed by atoms with E-state index < -0.39 is 11.9 Å². The van der Waals surface area contributed by atoms with E-state index >= 15 is 0 Å². The summed E-state index contributed by atoms with van der Waals surface area (Å²) in [6.45, 7) is 0. The fourth-order valence-corrected chi connectivity index (χ4v) is 0.719. The summed E-state index contributed by atoms with van der Waals surface area (Å²) in [5.74, 6) is -1.19. The number of hydrogen-bond donors (Lipinski definition) is 1. The lowest BCUT2D eigenvalue weighted by atomic mass is 10.2. The van der Waals surface area contributed by atoms with Crippen LogP contribution in [0.5, 0.6) is 0 Å². The van der Waals surface area contributed by atoms with Crippen LogP contribution >= 0.6 is 0 Å². The number of unbranched alkanes of at least 4 members (excludes halogenated alkanes) is 1. The van der Waals surface area contributed by atoms with E-state index in [0.717, 1.165) is 0 Å². The number of hydrogen-bond acceptors (Lipinski definition) is 6. The maximum Gasteiger partial charge on any atom is 0.342 e. The van der Waals surface area contributed by atoms with Crippen molar-refractivity contribution in [2.45, 2.75) is 25.7 Å². The second kappa shape index (κ2) is 7.51. The van der Waals surface area contributed by atoms with Crippen LogP contribution in [0.4, 0.5) is 0 Å². The molecule has 0 atom stereocenters. The topological polar surface area (TPSA) is 82.1 Å². The molecular weight excluding hydrogens is 180 g/mol. The highest BCUT2D eigenvalue weighted by Gasteiger charge is 2.05. The van der Waals surface area contributed by atoms with Crippen LogP contribution in [0.2, 0.25) is 0 Å². The van der Waals surface area contributed by atoms with Crippen LogP contribution in [-0.2, 0) is 24.3 Å². The highest BCUT2D eigenvalue weighted by Crippen LogP contribution is 2.02. The molecule has 0 amide bonds. The SMILES string of the molecule is COOC(=O)CCCCC(=O)OO. The molecule has 0 spiro atoms. The summed E-state index contributed by atoms with van der Waals surface area (Å²) in [6.07, 6.45) is 1.19. The fourth-order valence-electron chi connectivity index (χ4n) is 0.719.